The van der Waals surface area contributed by atoms with Crippen LogP contribution >= 0.6 is 0 Å². The van der Waals surface area contributed by atoms with E-state index in [9.17, 15) is 15.2 Å². The molecule has 2 aromatic carbocycles. The number of aromatic nitrogens is 4. The van der Waals surface area contributed by atoms with Crippen LogP contribution < -0.4 is 14.4 Å². The standard InChI is InChI=1S/C32H35FN8O4/c1-38-14-6-9-24(38)21-45-31-36-30(39-15-16-40(32(42)43)23(19-39)12-13-34)29-35-18-25(41(29)37-31)17-26-27(33)10-5-11-28(26)44-20-22-7-3-2-4-8-22/h2-5,7-8,10-11,18,23-24H,6,9,12,14-17,19-21H2,1H3,(H,42,43)/t23-,24-/m0/s1. The number of ether oxygens (including phenoxy) is 2. The summed E-state index contributed by atoms with van der Waals surface area (Å²) < 4.78 is 29.1. The van der Waals surface area contributed by atoms with E-state index >= 15 is 4.39 Å². The van der Waals surface area contributed by atoms with Crippen molar-refractivity contribution in [3.63, 3.8) is 0 Å². The minimum Gasteiger partial charge on any atom is -0.489 e. The highest BCUT2D eigenvalue weighted by Gasteiger charge is 2.33. The number of hydrogen-bond donors (Lipinski definition) is 1. The molecule has 0 spiro atoms. The maximum Gasteiger partial charge on any atom is 0.407 e. The Morgan fingerprint density at radius 1 is 1.11 bits per heavy atom. The van der Waals surface area contributed by atoms with E-state index in [-0.39, 0.29) is 44.6 Å². The average molecular weight is 615 g/mol. The van der Waals surface area contributed by atoms with Gasteiger partial charge in [-0.05, 0) is 44.1 Å². The Hall–Kier alpha value is -4.96. The first-order valence-electron chi connectivity index (χ1n) is 15.0. The number of carbonyl (C=O) groups is 1. The van der Waals surface area contributed by atoms with Gasteiger partial charge < -0.3 is 29.3 Å². The van der Waals surface area contributed by atoms with Crippen molar-refractivity contribution in [1.29, 1.82) is 5.26 Å². The van der Waals surface area contributed by atoms with Gasteiger partial charge in [0.25, 0.3) is 0 Å². The lowest BCUT2D eigenvalue weighted by atomic mass is 10.1. The number of amides is 1. The first-order chi connectivity index (χ1) is 21.9. The highest BCUT2D eigenvalue weighted by Crippen LogP contribution is 2.29. The van der Waals surface area contributed by atoms with Crippen molar-refractivity contribution >= 4 is 17.6 Å². The second-order valence-corrected chi connectivity index (χ2v) is 11.4. The normalized spacial score (nSPS) is 18.7. The fourth-order valence-electron chi connectivity index (χ4n) is 5.99. The lowest BCUT2D eigenvalue weighted by Gasteiger charge is -2.39. The van der Waals surface area contributed by atoms with Crippen LogP contribution in [0.15, 0.2) is 54.7 Å². The van der Waals surface area contributed by atoms with E-state index in [2.05, 4.69) is 28.1 Å². The Balaban J connectivity index is 1.33. The van der Waals surface area contributed by atoms with Crippen molar-refractivity contribution in [2.45, 2.75) is 44.4 Å². The second kappa shape index (κ2) is 13.4. The predicted octanol–water partition coefficient (Wildman–Crippen LogP) is 3.99. The van der Waals surface area contributed by atoms with Gasteiger partial charge in [-0.15, -0.1) is 5.10 Å². The Morgan fingerprint density at radius 3 is 2.71 bits per heavy atom. The minimum atomic E-state index is -1.06. The maximum atomic E-state index is 15.3. The molecule has 13 heteroatoms. The Labute approximate surface area is 260 Å². The van der Waals surface area contributed by atoms with Crippen LogP contribution in [0.2, 0.25) is 0 Å². The van der Waals surface area contributed by atoms with Crippen molar-refractivity contribution < 1.29 is 23.8 Å². The summed E-state index contributed by atoms with van der Waals surface area (Å²) >= 11 is 0. The van der Waals surface area contributed by atoms with E-state index in [1.165, 1.54) is 11.0 Å². The van der Waals surface area contributed by atoms with Crippen molar-refractivity contribution in [3.05, 3.63) is 77.4 Å². The fraction of sp³-hybridized carbons (Fsp3) is 0.406. The number of nitrogens with zero attached hydrogens (tertiary/aromatic N) is 8. The zero-order chi connectivity index (χ0) is 31.3. The molecule has 45 heavy (non-hydrogen) atoms. The van der Waals surface area contributed by atoms with Crippen LogP contribution in [0.25, 0.3) is 5.65 Å². The van der Waals surface area contributed by atoms with Gasteiger partial charge in [0, 0.05) is 37.7 Å². The molecule has 1 N–H and O–H groups in total. The third kappa shape index (κ3) is 6.61. The van der Waals surface area contributed by atoms with Crippen LogP contribution in [0.5, 0.6) is 11.8 Å². The molecule has 0 saturated carbocycles. The molecule has 2 aliphatic rings. The summed E-state index contributed by atoms with van der Waals surface area (Å²) in [5.41, 5.74) is 2.36. The third-order valence-electron chi connectivity index (χ3n) is 8.50. The van der Waals surface area contributed by atoms with E-state index in [1.54, 1.807) is 22.8 Å². The van der Waals surface area contributed by atoms with Crippen LogP contribution in [0.1, 0.15) is 36.1 Å². The van der Waals surface area contributed by atoms with Gasteiger partial charge in [-0.25, -0.2) is 18.7 Å². The Bertz CT molecular complexity index is 1690. The molecule has 0 unspecified atom stereocenters. The zero-order valence-electron chi connectivity index (χ0n) is 25.0. The summed E-state index contributed by atoms with van der Waals surface area (Å²) in [6.45, 7) is 2.49. The van der Waals surface area contributed by atoms with Crippen molar-refractivity contribution in [1.82, 2.24) is 29.4 Å². The summed E-state index contributed by atoms with van der Waals surface area (Å²) in [6.07, 6.45) is 2.85. The highest BCUT2D eigenvalue weighted by molar-refractivity contribution is 5.68. The molecule has 4 heterocycles. The zero-order valence-corrected chi connectivity index (χ0v) is 25.0. The number of carboxylic acid groups (broad SMARTS) is 1. The molecule has 2 aromatic heterocycles. The number of rotatable bonds is 10. The molecule has 6 rings (SSSR count). The van der Waals surface area contributed by atoms with Gasteiger partial charge in [0.15, 0.2) is 11.5 Å². The summed E-state index contributed by atoms with van der Waals surface area (Å²) in [6, 6.07) is 16.4. The van der Waals surface area contributed by atoms with E-state index in [1.807, 2.05) is 35.2 Å². The first kappa shape index (κ1) is 30.1. The van der Waals surface area contributed by atoms with Crippen LogP contribution in [0, 0.1) is 17.1 Å². The van der Waals surface area contributed by atoms with Crippen molar-refractivity contribution in [2.75, 3.05) is 44.7 Å². The van der Waals surface area contributed by atoms with Gasteiger partial charge in [-0.1, -0.05) is 36.4 Å². The maximum absolute atomic E-state index is 15.3. The number of benzene rings is 2. The number of anilines is 1. The molecule has 2 saturated heterocycles. The molecule has 0 bridgehead atoms. The molecular weight excluding hydrogens is 579 g/mol. The van der Waals surface area contributed by atoms with E-state index in [0.717, 1.165) is 24.9 Å². The average Bonchev–Trinajstić information content (AvgIpc) is 3.65. The highest BCUT2D eigenvalue weighted by atomic mass is 19.1. The van der Waals surface area contributed by atoms with Crippen molar-refractivity contribution in [3.8, 4) is 17.8 Å². The van der Waals surface area contributed by atoms with Gasteiger partial charge in [0.05, 0.1) is 30.4 Å². The third-order valence-corrected chi connectivity index (χ3v) is 8.50. The van der Waals surface area contributed by atoms with Gasteiger partial charge in [0.1, 0.15) is 24.8 Å². The topological polar surface area (TPSA) is 132 Å². The number of hydrogen-bond acceptors (Lipinski definition) is 9. The van der Waals surface area contributed by atoms with E-state index in [4.69, 9.17) is 14.5 Å². The molecule has 0 aliphatic carbocycles. The van der Waals surface area contributed by atoms with E-state index < -0.39 is 18.0 Å². The SMILES string of the molecule is CN1CCC[C@H]1COc1nc(N2CCN(C(=O)O)[C@@H](CC#N)C2)c2ncc(Cc3c(F)cccc3OCc3ccccc3)n2n1. The van der Waals surface area contributed by atoms with Gasteiger partial charge >= 0.3 is 12.1 Å². The molecule has 4 aromatic rings. The number of imidazole rings is 1. The summed E-state index contributed by atoms with van der Waals surface area (Å²) in [7, 11) is 2.06. The van der Waals surface area contributed by atoms with Crippen LogP contribution in [-0.2, 0) is 13.0 Å². The molecule has 2 aliphatic heterocycles. The predicted molar refractivity (Wildman–Crippen MR) is 163 cm³/mol. The molecule has 2 atom stereocenters. The molecule has 12 nitrogen and oxygen atoms in total. The molecular formula is C32H35FN8O4. The minimum absolute atomic E-state index is 0.0419. The Kier molecular flexibility index (Phi) is 8.93. The summed E-state index contributed by atoms with van der Waals surface area (Å²) in [5, 5.41) is 23.7. The monoisotopic (exact) mass is 614 g/mol. The van der Waals surface area contributed by atoms with Crippen LogP contribution in [0.4, 0.5) is 15.0 Å². The number of likely N-dealkylation sites (tertiary alicyclic amines) is 1. The largest absolute Gasteiger partial charge is 0.489 e. The first-order valence-corrected chi connectivity index (χ1v) is 15.0. The summed E-state index contributed by atoms with van der Waals surface area (Å²) in [4.78, 5) is 26.7. The number of halogens is 1. The molecule has 234 valence electrons. The molecule has 2 fully saturated rings. The number of likely N-dealkylation sites (N-methyl/N-ethyl adjacent to an activating group) is 1. The number of piperazine rings is 1. The summed E-state index contributed by atoms with van der Waals surface area (Å²) in [5.74, 6) is 0.482. The van der Waals surface area contributed by atoms with Gasteiger partial charge in [-0.3, -0.25) is 0 Å². The second-order valence-electron chi connectivity index (χ2n) is 11.4. The molecule has 1 amide bonds. The fourth-order valence-corrected chi connectivity index (χ4v) is 5.99. The number of fused-ring (bicyclic) bond motifs is 1. The van der Waals surface area contributed by atoms with Crippen molar-refractivity contribution in [2.24, 2.45) is 0 Å². The lowest BCUT2D eigenvalue weighted by molar-refractivity contribution is 0.119. The van der Waals surface area contributed by atoms with Gasteiger partial charge in [-0.2, -0.15) is 10.2 Å². The van der Waals surface area contributed by atoms with Crippen LogP contribution in [-0.4, -0.2) is 92.5 Å². The molecule has 0 radical (unpaired) electrons. The quantitative estimate of drug-likeness (QED) is 0.280. The lowest BCUT2D eigenvalue weighted by Crippen LogP contribution is -2.55. The smallest absolute Gasteiger partial charge is 0.407 e. The van der Waals surface area contributed by atoms with E-state index in [0.29, 0.717) is 41.6 Å². The van der Waals surface area contributed by atoms with Gasteiger partial charge in [0.2, 0.25) is 0 Å². The number of nitriles is 1. The van der Waals surface area contributed by atoms with Crippen LogP contribution in [0.3, 0.4) is 0 Å². The Morgan fingerprint density at radius 2 is 1.96 bits per heavy atom.